The minimum Gasteiger partial charge on any atom is -0.462 e. The van der Waals surface area contributed by atoms with Gasteiger partial charge >= 0.3 is 6.01 Å². The van der Waals surface area contributed by atoms with Crippen LogP contribution >= 0.6 is 0 Å². The van der Waals surface area contributed by atoms with Crippen LogP contribution in [0, 0.1) is 23.7 Å². The standard InChI is InChI=1S/C28H32N8O2/c1-3-23(37)36-17-28(18-36)8-11-35(16-28)26-20(14-29)25(24-19(2)6-7-22-21(24)15-30-33-22)31-27(32-26)38-13-12-34-9-4-5-10-34/h3,6-7,15H,1,4-5,8-13,16-18H2,2H3,(H,30,33). The quantitative estimate of drug-likeness (QED) is 0.481. The van der Waals surface area contributed by atoms with Crippen molar-refractivity contribution >= 4 is 22.6 Å². The molecule has 3 fully saturated rings. The summed E-state index contributed by atoms with van der Waals surface area (Å²) in [6, 6.07) is 6.69. The lowest BCUT2D eigenvalue weighted by molar-refractivity contribution is -0.136. The molecule has 3 aliphatic heterocycles. The Bertz CT molecular complexity index is 1430. The first kappa shape index (κ1) is 24.4. The number of nitriles is 1. The zero-order valence-corrected chi connectivity index (χ0v) is 21.7. The molecule has 0 saturated carbocycles. The van der Waals surface area contributed by atoms with Crippen LogP contribution in [0.4, 0.5) is 5.82 Å². The van der Waals surface area contributed by atoms with E-state index in [1.807, 2.05) is 24.0 Å². The number of likely N-dealkylation sites (tertiary alicyclic amines) is 2. The number of nitrogens with one attached hydrogen (secondary N) is 1. The molecule has 0 atom stereocenters. The Hall–Kier alpha value is -3.97. The van der Waals surface area contributed by atoms with Crippen molar-refractivity contribution in [1.29, 1.82) is 5.26 Å². The van der Waals surface area contributed by atoms with Crippen molar-refractivity contribution < 1.29 is 9.53 Å². The average molecular weight is 513 g/mol. The second-order valence-corrected chi connectivity index (χ2v) is 10.7. The number of carbonyl (C=O) groups excluding carboxylic acids is 1. The molecule has 196 valence electrons. The molecule has 3 saturated heterocycles. The summed E-state index contributed by atoms with van der Waals surface area (Å²) >= 11 is 0. The number of H-pyrrole nitrogens is 1. The number of nitrogens with zero attached hydrogens (tertiary/aromatic N) is 7. The van der Waals surface area contributed by atoms with Crippen LogP contribution in [0.5, 0.6) is 6.01 Å². The predicted molar refractivity (Wildman–Crippen MR) is 144 cm³/mol. The molecule has 5 heterocycles. The molecule has 1 N–H and O–H groups in total. The van der Waals surface area contributed by atoms with E-state index in [2.05, 4.69) is 32.6 Å². The van der Waals surface area contributed by atoms with Gasteiger partial charge in [0, 0.05) is 49.1 Å². The minimum atomic E-state index is -0.0338. The first-order chi connectivity index (χ1) is 18.5. The topological polar surface area (TPSA) is 114 Å². The summed E-state index contributed by atoms with van der Waals surface area (Å²) in [5.41, 5.74) is 3.75. The highest BCUT2D eigenvalue weighted by atomic mass is 16.5. The molecular formula is C28H32N8O2. The van der Waals surface area contributed by atoms with E-state index in [1.54, 1.807) is 6.20 Å². The fourth-order valence-corrected chi connectivity index (χ4v) is 6.14. The van der Waals surface area contributed by atoms with Gasteiger partial charge in [-0.1, -0.05) is 12.6 Å². The van der Waals surface area contributed by atoms with Crippen LogP contribution in [-0.2, 0) is 4.79 Å². The van der Waals surface area contributed by atoms with Crippen molar-refractivity contribution in [2.45, 2.75) is 26.2 Å². The molecule has 38 heavy (non-hydrogen) atoms. The summed E-state index contributed by atoms with van der Waals surface area (Å²) in [5, 5.41) is 18.6. The summed E-state index contributed by atoms with van der Waals surface area (Å²) in [4.78, 5) is 28.0. The van der Waals surface area contributed by atoms with E-state index in [1.165, 1.54) is 18.9 Å². The number of rotatable bonds is 7. The second-order valence-electron chi connectivity index (χ2n) is 10.7. The Labute approximate surface area is 221 Å². The van der Waals surface area contributed by atoms with Gasteiger partial charge in [-0.2, -0.15) is 20.3 Å². The van der Waals surface area contributed by atoms with E-state index in [4.69, 9.17) is 14.7 Å². The molecule has 1 aromatic carbocycles. The summed E-state index contributed by atoms with van der Waals surface area (Å²) in [5.74, 6) is 0.562. The zero-order chi connectivity index (χ0) is 26.3. The van der Waals surface area contributed by atoms with Crippen LogP contribution in [0.15, 0.2) is 31.0 Å². The number of fused-ring (bicyclic) bond motifs is 1. The van der Waals surface area contributed by atoms with Crippen molar-refractivity contribution in [2.24, 2.45) is 5.41 Å². The highest BCUT2D eigenvalue weighted by Crippen LogP contribution is 2.43. The number of ether oxygens (including phenoxy) is 1. The second kappa shape index (κ2) is 9.72. The van der Waals surface area contributed by atoms with Gasteiger partial charge in [-0.15, -0.1) is 0 Å². The van der Waals surface area contributed by atoms with Crippen molar-refractivity contribution in [3.63, 3.8) is 0 Å². The van der Waals surface area contributed by atoms with E-state index in [0.717, 1.165) is 61.2 Å². The Kier molecular flexibility index (Phi) is 6.24. The molecule has 0 unspecified atom stereocenters. The lowest BCUT2D eigenvalue weighted by atomic mass is 9.79. The van der Waals surface area contributed by atoms with Gasteiger partial charge < -0.3 is 14.5 Å². The predicted octanol–water partition coefficient (Wildman–Crippen LogP) is 2.90. The Morgan fingerprint density at radius 3 is 2.82 bits per heavy atom. The number of hydrogen-bond donors (Lipinski definition) is 1. The fourth-order valence-electron chi connectivity index (χ4n) is 6.14. The molecule has 10 nitrogen and oxygen atoms in total. The third-order valence-corrected chi connectivity index (χ3v) is 8.16. The SMILES string of the molecule is C=CC(=O)N1CC2(CCN(c3nc(OCCN4CCCC4)nc(-c4c(C)ccc5[nH]ncc45)c3C#N)C2)C1. The number of hydrogen-bond acceptors (Lipinski definition) is 8. The molecule has 3 aromatic rings. The fraction of sp³-hybridized carbons (Fsp3) is 0.464. The number of anilines is 1. The first-order valence-electron chi connectivity index (χ1n) is 13.3. The molecule has 3 aliphatic rings. The van der Waals surface area contributed by atoms with Gasteiger partial charge in [0.25, 0.3) is 0 Å². The van der Waals surface area contributed by atoms with Crippen molar-refractivity contribution in [2.75, 3.05) is 57.3 Å². The maximum absolute atomic E-state index is 12.0. The summed E-state index contributed by atoms with van der Waals surface area (Å²) in [6.07, 6.45) is 6.53. The molecule has 0 radical (unpaired) electrons. The van der Waals surface area contributed by atoms with Crippen LogP contribution in [0.2, 0.25) is 0 Å². The van der Waals surface area contributed by atoms with E-state index in [-0.39, 0.29) is 17.3 Å². The third kappa shape index (κ3) is 4.27. The van der Waals surface area contributed by atoms with Crippen molar-refractivity contribution in [3.05, 3.63) is 42.1 Å². The van der Waals surface area contributed by atoms with E-state index in [0.29, 0.717) is 36.8 Å². The molecule has 1 amide bonds. The smallest absolute Gasteiger partial charge is 0.319 e. The molecule has 10 heteroatoms. The molecule has 6 rings (SSSR count). The summed E-state index contributed by atoms with van der Waals surface area (Å²) in [7, 11) is 0. The van der Waals surface area contributed by atoms with E-state index in [9.17, 15) is 10.1 Å². The summed E-state index contributed by atoms with van der Waals surface area (Å²) in [6.45, 7) is 12.0. The molecule has 2 aromatic heterocycles. The van der Waals surface area contributed by atoms with Gasteiger partial charge in [0.2, 0.25) is 5.91 Å². The minimum absolute atomic E-state index is 0.00771. The normalized spacial score (nSPS) is 18.6. The highest BCUT2D eigenvalue weighted by Gasteiger charge is 2.49. The van der Waals surface area contributed by atoms with Crippen LogP contribution in [-0.4, -0.2) is 88.3 Å². The Morgan fingerprint density at radius 1 is 1.24 bits per heavy atom. The van der Waals surface area contributed by atoms with Gasteiger partial charge in [0.15, 0.2) is 5.82 Å². The van der Waals surface area contributed by atoms with Gasteiger partial charge in [-0.05, 0) is 57.0 Å². The maximum atomic E-state index is 12.0. The Balaban J connectivity index is 1.36. The molecule has 0 bridgehead atoms. The number of aromatic amines is 1. The van der Waals surface area contributed by atoms with Gasteiger partial charge in [0.1, 0.15) is 18.2 Å². The maximum Gasteiger partial charge on any atom is 0.319 e. The van der Waals surface area contributed by atoms with Gasteiger partial charge in [-0.3, -0.25) is 14.8 Å². The lowest BCUT2D eigenvalue weighted by Gasteiger charge is -2.47. The Morgan fingerprint density at radius 2 is 2.05 bits per heavy atom. The van der Waals surface area contributed by atoms with Gasteiger partial charge in [-0.25, -0.2) is 0 Å². The van der Waals surface area contributed by atoms with Crippen LogP contribution in [0.3, 0.4) is 0 Å². The first-order valence-corrected chi connectivity index (χ1v) is 13.3. The molecule has 1 spiro atoms. The van der Waals surface area contributed by atoms with Crippen LogP contribution in [0.25, 0.3) is 22.2 Å². The van der Waals surface area contributed by atoms with Crippen LogP contribution in [0.1, 0.15) is 30.4 Å². The number of aromatic nitrogens is 4. The van der Waals surface area contributed by atoms with E-state index >= 15 is 0 Å². The van der Waals surface area contributed by atoms with Gasteiger partial charge in [0.05, 0.1) is 17.4 Å². The van der Waals surface area contributed by atoms with E-state index < -0.39 is 0 Å². The largest absolute Gasteiger partial charge is 0.462 e. The third-order valence-electron chi connectivity index (χ3n) is 8.16. The van der Waals surface area contributed by atoms with Crippen molar-refractivity contribution in [3.8, 4) is 23.3 Å². The van der Waals surface area contributed by atoms with Crippen molar-refractivity contribution in [1.82, 2.24) is 30.0 Å². The number of benzene rings is 1. The average Bonchev–Trinajstić information content (AvgIpc) is 3.68. The lowest BCUT2D eigenvalue weighted by Crippen LogP contribution is -2.59. The molecular weight excluding hydrogens is 480 g/mol. The highest BCUT2D eigenvalue weighted by molar-refractivity contribution is 5.97. The zero-order valence-electron chi connectivity index (χ0n) is 21.7. The summed E-state index contributed by atoms with van der Waals surface area (Å²) < 4.78 is 6.13. The monoisotopic (exact) mass is 512 g/mol. The van der Waals surface area contributed by atoms with Crippen LogP contribution < -0.4 is 9.64 Å². The number of aryl methyl sites for hydroxylation is 1. The number of amides is 1. The number of carbonyl (C=O) groups is 1. The molecule has 0 aliphatic carbocycles.